The van der Waals surface area contributed by atoms with E-state index in [4.69, 9.17) is 5.73 Å². The molecule has 0 heterocycles. The molecule has 1 nitrogen and oxygen atoms in total. The second-order valence-corrected chi connectivity index (χ2v) is 6.51. The summed E-state index contributed by atoms with van der Waals surface area (Å²) in [7, 11) is 0. The first-order valence-corrected chi connectivity index (χ1v) is 7.78. The number of halogens is 2. The minimum absolute atomic E-state index is 0.00841. The summed E-state index contributed by atoms with van der Waals surface area (Å²) in [5, 5.41) is 0. The first-order chi connectivity index (χ1) is 9.55. The predicted octanol–water partition coefficient (Wildman–Crippen LogP) is 4.78. The van der Waals surface area contributed by atoms with Crippen LogP contribution in [0, 0.1) is 5.92 Å². The largest absolute Gasteiger partial charge is 0.324 e. The van der Waals surface area contributed by atoms with E-state index in [2.05, 4.69) is 24.3 Å². The molecule has 1 aromatic carbocycles. The first kappa shape index (κ1) is 14.0. The molecule has 1 unspecified atom stereocenters. The van der Waals surface area contributed by atoms with Gasteiger partial charge in [-0.2, -0.15) is 0 Å². The number of rotatable bonds is 3. The van der Waals surface area contributed by atoms with Crippen LogP contribution in [0.3, 0.4) is 0 Å². The Morgan fingerprint density at radius 3 is 2.10 bits per heavy atom. The van der Waals surface area contributed by atoms with Gasteiger partial charge in [-0.1, -0.05) is 30.7 Å². The lowest BCUT2D eigenvalue weighted by atomic mass is 9.78. The number of hydrogen-bond donors (Lipinski definition) is 1. The fourth-order valence-corrected chi connectivity index (χ4v) is 3.43. The molecule has 2 saturated carbocycles. The van der Waals surface area contributed by atoms with Crippen LogP contribution in [-0.2, 0) is 0 Å². The normalized spacial score (nSPS) is 25.1. The highest BCUT2D eigenvalue weighted by Gasteiger charge is 2.37. The number of alkyl halides is 2. The third kappa shape index (κ3) is 2.88. The van der Waals surface area contributed by atoms with Crippen molar-refractivity contribution in [3.05, 3.63) is 35.4 Å². The van der Waals surface area contributed by atoms with Crippen LogP contribution in [0.4, 0.5) is 8.78 Å². The predicted molar refractivity (Wildman–Crippen MR) is 76.9 cm³/mol. The number of hydrogen-bond acceptors (Lipinski definition) is 1. The maximum Gasteiger partial charge on any atom is 0.248 e. The Morgan fingerprint density at radius 1 is 1.00 bits per heavy atom. The van der Waals surface area contributed by atoms with Crippen molar-refractivity contribution < 1.29 is 8.78 Å². The average Bonchev–Trinajstić information content (AvgIpc) is 2.37. The van der Waals surface area contributed by atoms with Gasteiger partial charge < -0.3 is 5.73 Å². The maximum absolute atomic E-state index is 13.2. The summed E-state index contributed by atoms with van der Waals surface area (Å²) in [6.07, 6.45) is 4.99. The Hall–Kier alpha value is -0.960. The molecule has 3 rings (SSSR count). The quantitative estimate of drug-likeness (QED) is 0.846. The van der Waals surface area contributed by atoms with E-state index in [1.165, 1.54) is 24.8 Å². The van der Waals surface area contributed by atoms with E-state index in [0.29, 0.717) is 12.8 Å². The van der Waals surface area contributed by atoms with Gasteiger partial charge in [-0.25, -0.2) is 8.78 Å². The fourth-order valence-electron chi connectivity index (χ4n) is 3.43. The van der Waals surface area contributed by atoms with Gasteiger partial charge in [-0.05, 0) is 48.6 Å². The van der Waals surface area contributed by atoms with Gasteiger partial charge in [0.15, 0.2) is 0 Å². The van der Waals surface area contributed by atoms with Crippen molar-refractivity contribution in [2.75, 3.05) is 0 Å². The summed E-state index contributed by atoms with van der Waals surface area (Å²) >= 11 is 0. The molecule has 2 N–H and O–H groups in total. The molecular formula is C17H23F2N. The van der Waals surface area contributed by atoms with Crippen molar-refractivity contribution in [3.63, 3.8) is 0 Å². The summed E-state index contributed by atoms with van der Waals surface area (Å²) in [5.74, 6) is -1.54. The lowest BCUT2D eigenvalue weighted by Gasteiger charge is -2.32. The van der Waals surface area contributed by atoms with Crippen molar-refractivity contribution in [2.24, 2.45) is 11.7 Å². The van der Waals surface area contributed by atoms with Crippen molar-refractivity contribution >= 4 is 0 Å². The average molecular weight is 279 g/mol. The van der Waals surface area contributed by atoms with E-state index in [1.54, 1.807) is 0 Å². The Bertz CT molecular complexity index is 441. The van der Waals surface area contributed by atoms with Crippen LogP contribution in [0.15, 0.2) is 24.3 Å². The second-order valence-electron chi connectivity index (χ2n) is 6.51. The van der Waals surface area contributed by atoms with Gasteiger partial charge in [-0.3, -0.25) is 0 Å². The zero-order valence-corrected chi connectivity index (χ0v) is 11.8. The highest BCUT2D eigenvalue weighted by Crippen LogP contribution is 2.41. The molecular weight excluding hydrogens is 256 g/mol. The second kappa shape index (κ2) is 5.44. The standard InChI is InChI=1S/C17H23F2N/c18-17(19)10-8-15(9-11-17)16(20)14-6-4-13(5-7-14)12-2-1-3-12/h4-7,12,15-16H,1-3,8-11,20H2. The summed E-state index contributed by atoms with van der Waals surface area (Å²) in [5.41, 5.74) is 8.79. The molecule has 1 atom stereocenters. The van der Waals surface area contributed by atoms with Gasteiger partial charge >= 0.3 is 0 Å². The topological polar surface area (TPSA) is 26.0 Å². The van der Waals surface area contributed by atoms with Crippen molar-refractivity contribution in [2.45, 2.75) is 62.8 Å². The van der Waals surface area contributed by atoms with Crippen LogP contribution in [0.1, 0.15) is 68.0 Å². The Labute approximate surface area is 119 Å². The zero-order valence-electron chi connectivity index (χ0n) is 11.8. The molecule has 0 aliphatic heterocycles. The zero-order chi connectivity index (χ0) is 14.2. The molecule has 0 spiro atoms. The van der Waals surface area contributed by atoms with Gasteiger partial charge in [-0.15, -0.1) is 0 Å². The molecule has 20 heavy (non-hydrogen) atoms. The minimum atomic E-state index is -2.47. The third-order valence-electron chi connectivity index (χ3n) is 5.17. The SMILES string of the molecule is NC(c1ccc(C2CCC2)cc1)C1CCC(F)(F)CC1. The van der Waals surface area contributed by atoms with E-state index in [1.807, 2.05) is 0 Å². The van der Waals surface area contributed by atoms with E-state index >= 15 is 0 Å². The summed E-state index contributed by atoms with van der Waals surface area (Å²) in [6, 6.07) is 8.46. The molecule has 110 valence electrons. The summed E-state index contributed by atoms with van der Waals surface area (Å²) < 4.78 is 26.4. The number of benzene rings is 1. The van der Waals surface area contributed by atoms with Gasteiger partial charge in [0.25, 0.3) is 0 Å². The van der Waals surface area contributed by atoms with E-state index in [0.717, 1.165) is 11.5 Å². The first-order valence-electron chi connectivity index (χ1n) is 7.78. The van der Waals surface area contributed by atoms with Crippen LogP contribution in [0.2, 0.25) is 0 Å². The molecule has 2 fully saturated rings. The van der Waals surface area contributed by atoms with E-state index < -0.39 is 5.92 Å². The van der Waals surface area contributed by atoms with Crippen LogP contribution in [-0.4, -0.2) is 5.92 Å². The molecule has 1 aromatic rings. The number of nitrogens with two attached hydrogens (primary N) is 1. The minimum Gasteiger partial charge on any atom is -0.324 e. The molecule has 3 heteroatoms. The lowest BCUT2D eigenvalue weighted by molar-refractivity contribution is -0.0483. The highest BCUT2D eigenvalue weighted by atomic mass is 19.3. The maximum atomic E-state index is 13.2. The monoisotopic (exact) mass is 279 g/mol. The lowest BCUT2D eigenvalue weighted by Crippen LogP contribution is -2.30. The van der Waals surface area contributed by atoms with Crippen LogP contribution in [0.25, 0.3) is 0 Å². The van der Waals surface area contributed by atoms with Crippen molar-refractivity contribution in [1.82, 2.24) is 0 Å². The van der Waals surface area contributed by atoms with Crippen LogP contribution < -0.4 is 5.73 Å². The van der Waals surface area contributed by atoms with E-state index in [-0.39, 0.29) is 24.8 Å². The summed E-state index contributed by atoms with van der Waals surface area (Å²) in [4.78, 5) is 0. The fraction of sp³-hybridized carbons (Fsp3) is 0.647. The van der Waals surface area contributed by atoms with Gasteiger partial charge in [0.2, 0.25) is 5.92 Å². The molecule has 0 bridgehead atoms. The van der Waals surface area contributed by atoms with Gasteiger partial charge in [0.1, 0.15) is 0 Å². The molecule has 0 amide bonds. The Morgan fingerprint density at radius 2 is 1.60 bits per heavy atom. The summed E-state index contributed by atoms with van der Waals surface area (Å²) in [6.45, 7) is 0. The smallest absolute Gasteiger partial charge is 0.248 e. The van der Waals surface area contributed by atoms with Crippen molar-refractivity contribution in [1.29, 1.82) is 0 Å². The third-order valence-corrected chi connectivity index (χ3v) is 5.17. The molecule has 0 radical (unpaired) electrons. The molecule has 2 aliphatic rings. The van der Waals surface area contributed by atoms with Crippen LogP contribution >= 0.6 is 0 Å². The van der Waals surface area contributed by atoms with Gasteiger partial charge in [0.05, 0.1) is 0 Å². The molecule has 2 aliphatic carbocycles. The van der Waals surface area contributed by atoms with Gasteiger partial charge in [0, 0.05) is 18.9 Å². The molecule has 0 saturated heterocycles. The Kier molecular flexibility index (Phi) is 3.80. The Balaban J connectivity index is 1.63. The van der Waals surface area contributed by atoms with E-state index in [9.17, 15) is 8.78 Å². The molecule has 0 aromatic heterocycles. The highest BCUT2D eigenvalue weighted by molar-refractivity contribution is 5.28. The van der Waals surface area contributed by atoms with Crippen molar-refractivity contribution in [3.8, 4) is 0 Å². The van der Waals surface area contributed by atoms with Crippen LogP contribution in [0.5, 0.6) is 0 Å².